The Balaban J connectivity index is 2.22. The van der Waals surface area contributed by atoms with Crippen LogP contribution in [0.4, 0.5) is 0 Å². The number of allylic oxidation sites excluding steroid dienone is 2. The van der Waals surface area contributed by atoms with Crippen LogP contribution in [0.2, 0.25) is 0 Å². The van der Waals surface area contributed by atoms with Gasteiger partial charge in [-0.15, -0.1) is 0 Å². The van der Waals surface area contributed by atoms with Gasteiger partial charge in [-0.25, -0.2) is 0 Å². The Bertz CT molecular complexity index is 350. The summed E-state index contributed by atoms with van der Waals surface area (Å²) in [5, 5.41) is 0. The second-order valence-electron chi connectivity index (χ2n) is 5.15. The number of hydrogen-bond donors (Lipinski definition) is 0. The van der Waals surface area contributed by atoms with E-state index in [9.17, 15) is 9.59 Å². The van der Waals surface area contributed by atoms with Gasteiger partial charge in [0.1, 0.15) is 0 Å². The molecule has 0 aromatic heterocycles. The molecule has 4 nitrogen and oxygen atoms in total. The fourth-order valence-electron chi connectivity index (χ4n) is 3.37. The molecule has 0 heterocycles. The van der Waals surface area contributed by atoms with Crippen molar-refractivity contribution in [1.29, 1.82) is 0 Å². The van der Waals surface area contributed by atoms with Crippen molar-refractivity contribution in [1.82, 2.24) is 0 Å². The molecule has 0 radical (unpaired) electrons. The maximum absolute atomic E-state index is 12.3. The fourth-order valence-corrected chi connectivity index (χ4v) is 3.37. The zero-order valence-electron chi connectivity index (χ0n) is 11.7. The number of hydrogen-bond acceptors (Lipinski definition) is 4. The molecule has 2 aliphatic rings. The van der Waals surface area contributed by atoms with Crippen LogP contribution in [0.25, 0.3) is 0 Å². The molecular formula is C15H22O4. The van der Waals surface area contributed by atoms with Crippen molar-refractivity contribution in [2.45, 2.75) is 39.5 Å². The van der Waals surface area contributed by atoms with Crippen molar-refractivity contribution in [2.75, 3.05) is 13.2 Å². The third-order valence-electron chi connectivity index (χ3n) is 4.23. The summed E-state index contributed by atoms with van der Waals surface area (Å²) in [6, 6.07) is 0. The van der Waals surface area contributed by atoms with Crippen LogP contribution in [-0.4, -0.2) is 25.2 Å². The molecule has 0 aromatic carbocycles. The lowest BCUT2D eigenvalue weighted by Crippen LogP contribution is -2.33. The largest absolute Gasteiger partial charge is 0.465 e. The van der Waals surface area contributed by atoms with Crippen LogP contribution in [0.5, 0.6) is 0 Å². The highest BCUT2D eigenvalue weighted by Crippen LogP contribution is 2.64. The summed E-state index contributed by atoms with van der Waals surface area (Å²) in [6.07, 6.45) is 7.83. The molecule has 2 rings (SSSR count). The number of esters is 2. The molecule has 0 spiro atoms. The zero-order chi connectivity index (χ0) is 13.9. The highest BCUT2D eigenvalue weighted by molar-refractivity contribution is 6.04. The van der Waals surface area contributed by atoms with E-state index in [1.807, 2.05) is 0 Å². The van der Waals surface area contributed by atoms with Crippen molar-refractivity contribution in [3.05, 3.63) is 12.2 Å². The molecule has 0 N–H and O–H groups in total. The minimum Gasteiger partial charge on any atom is -0.465 e. The monoisotopic (exact) mass is 266 g/mol. The topological polar surface area (TPSA) is 52.6 Å². The molecule has 0 bridgehead atoms. The summed E-state index contributed by atoms with van der Waals surface area (Å²) in [5.41, 5.74) is -1.02. The third kappa shape index (κ3) is 2.28. The zero-order valence-corrected chi connectivity index (χ0v) is 11.7. The number of ether oxygens (including phenoxy) is 2. The van der Waals surface area contributed by atoms with Gasteiger partial charge in [-0.2, -0.15) is 0 Å². The van der Waals surface area contributed by atoms with E-state index in [-0.39, 0.29) is 23.8 Å². The Morgan fingerprint density at radius 1 is 1.00 bits per heavy atom. The first kappa shape index (κ1) is 14.1. The molecular weight excluding hydrogens is 244 g/mol. The van der Waals surface area contributed by atoms with Crippen molar-refractivity contribution >= 4 is 11.9 Å². The SMILES string of the molecule is CCOC(=O)C1(C(=O)OCC)[C@@H]2CCC=CCC[C@@H]21. The lowest BCUT2D eigenvalue weighted by Gasteiger charge is -2.15. The molecule has 0 aliphatic heterocycles. The van der Waals surface area contributed by atoms with E-state index in [0.717, 1.165) is 25.7 Å². The van der Waals surface area contributed by atoms with E-state index in [1.165, 1.54) is 0 Å². The third-order valence-corrected chi connectivity index (χ3v) is 4.23. The first-order valence-electron chi connectivity index (χ1n) is 7.19. The van der Waals surface area contributed by atoms with Crippen molar-refractivity contribution in [3.63, 3.8) is 0 Å². The molecule has 1 fully saturated rings. The Hall–Kier alpha value is -1.32. The van der Waals surface area contributed by atoms with Gasteiger partial charge < -0.3 is 9.47 Å². The van der Waals surface area contributed by atoms with Gasteiger partial charge in [0.2, 0.25) is 0 Å². The summed E-state index contributed by atoms with van der Waals surface area (Å²) >= 11 is 0. The van der Waals surface area contributed by atoms with E-state index < -0.39 is 5.41 Å². The maximum atomic E-state index is 12.3. The summed E-state index contributed by atoms with van der Waals surface area (Å²) in [6.45, 7) is 4.14. The van der Waals surface area contributed by atoms with E-state index in [4.69, 9.17) is 9.47 Å². The molecule has 0 amide bonds. The first-order chi connectivity index (χ1) is 9.19. The molecule has 106 valence electrons. The Morgan fingerprint density at radius 2 is 1.42 bits per heavy atom. The highest BCUT2D eigenvalue weighted by atomic mass is 16.6. The normalized spacial score (nSPS) is 27.7. The van der Waals surface area contributed by atoms with Crippen LogP contribution >= 0.6 is 0 Å². The predicted octanol–water partition coefficient (Wildman–Crippen LogP) is 2.48. The highest BCUT2D eigenvalue weighted by Gasteiger charge is 2.75. The van der Waals surface area contributed by atoms with Crippen LogP contribution in [0.1, 0.15) is 39.5 Å². The molecule has 0 saturated heterocycles. The molecule has 2 aliphatic carbocycles. The van der Waals surface area contributed by atoms with Gasteiger partial charge in [0, 0.05) is 0 Å². The van der Waals surface area contributed by atoms with Crippen LogP contribution in [0, 0.1) is 17.3 Å². The molecule has 0 aromatic rings. The summed E-state index contributed by atoms with van der Waals surface area (Å²) < 4.78 is 10.3. The van der Waals surface area contributed by atoms with Crippen LogP contribution in [-0.2, 0) is 19.1 Å². The number of carbonyl (C=O) groups excluding carboxylic acids is 2. The van der Waals surface area contributed by atoms with Gasteiger partial charge in [0.15, 0.2) is 5.41 Å². The Labute approximate surface area is 114 Å². The van der Waals surface area contributed by atoms with Crippen LogP contribution < -0.4 is 0 Å². The van der Waals surface area contributed by atoms with Gasteiger partial charge in [-0.05, 0) is 51.4 Å². The predicted molar refractivity (Wildman–Crippen MR) is 70.3 cm³/mol. The molecule has 19 heavy (non-hydrogen) atoms. The quantitative estimate of drug-likeness (QED) is 0.445. The van der Waals surface area contributed by atoms with Crippen LogP contribution in [0.3, 0.4) is 0 Å². The van der Waals surface area contributed by atoms with E-state index in [1.54, 1.807) is 13.8 Å². The molecule has 1 saturated carbocycles. The minimum absolute atomic E-state index is 0.0931. The van der Waals surface area contributed by atoms with E-state index in [0.29, 0.717) is 13.2 Å². The second-order valence-corrected chi connectivity index (χ2v) is 5.15. The number of carbonyl (C=O) groups is 2. The fraction of sp³-hybridized carbons (Fsp3) is 0.733. The minimum atomic E-state index is -1.02. The first-order valence-corrected chi connectivity index (χ1v) is 7.19. The summed E-state index contributed by atoms with van der Waals surface area (Å²) in [7, 11) is 0. The smallest absolute Gasteiger partial charge is 0.324 e. The lowest BCUT2D eigenvalue weighted by atomic mass is 10.00. The number of rotatable bonds is 4. The van der Waals surface area contributed by atoms with Gasteiger partial charge in [0.25, 0.3) is 0 Å². The Kier molecular flexibility index (Phi) is 4.27. The standard InChI is InChI=1S/C15H22O4/c1-3-18-13(16)15(14(17)19-4-2)11-9-7-5-6-8-10-12(11)15/h5-6,11-12H,3-4,7-10H2,1-2H3/t11-,12+. The summed E-state index contributed by atoms with van der Waals surface area (Å²) in [5.74, 6) is -0.582. The summed E-state index contributed by atoms with van der Waals surface area (Å²) in [4.78, 5) is 24.6. The lowest BCUT2D eigenvalue weighted by molar-refractivity contribution is -0.166. The van der Waals surface area contributed by atoms with Gasteiger partial charge in [-0.3, -0.25) is 9.59 Å². The van der Waals surface area contributed by atoms with Gasteiger partial charge in [-0.1, -0.05) is 12.2 Å². The Morgan fingerprint density at radius 3 is 1.79 bits per heavy atom. The average molecular weight is 266 g/mol. The van der Waals surface area contributed by atoms with Crippen molar-refractivity contribution < 1.29 is 19.1 Å². The second kappa shape index (κ2) is 5.76. The van der Waals surface area contributed by atoms with Gasteiger partial charge >= 0.3 is 11.9 Å². The van der Waals surface area contributed by atoms with Crippen molar-refractivity contribution in [3.8, 4) is 0 Å². The average Bonchev–Trinajstić information content (AvgIpc) is 2.96. The molecule has 4 heteroatoms. The van der Waals surface area contributed by atoms with Gasteiger partial charge in [0.05, 0.1) is 13.2 Å². The van der Waals surface area contributed by atoms with E-state index >= 15 is 0 Å². The number of fused-ring (bicyclic) bond motifs is 1. The maximum Gasteiger partial charge on any atom is 0.324 e. The molecule has 0 unspecified atom stereocenters. The molecule has 2 atom stereocenters. The van der Waals surface area contributed by atoms with Crippen LogP contribution in [0.15, 0.2) is 12.2 Å². The van der Waals surface area contributed by atoms with E-state index in [2.05, 4.69) is 12.2 Å². The van der Waals surface area contributed by atoms with Crippen molar-refractivity contribution in [2.24, 2.45) is 17.3 Å².